The number of ether oxygens (including phenoxy) is 3. The van der Waals surface area contributed by atoms with Crippen LogP contribution in [0.15, 0.2) is 63.8 Å². The molecule has 2 aliphatic rings. The van der Waals surface area contributed by atoms with Crippen molar-refractivity contribution in [3.05, 3.63) is 76.0 Å². The molecule has 6 rings (SSSR count). The van der Waals surface area contributed by atoms with Gasteiger partial charge >= 0.3 is 0 Å². The highest BCUT2D eigenvalue weighted by molar-refractivity contribution is 5.92. The SMILES string of the molecule is Cc1cc(-c2oc3cc(O)cc(O)c3c(=O)c2O[C@@H]2C[C@H](CO)[C@@H](O[C@@H]3O[C@H](CO)[C@@H](NC(=O)/C=C/c4ccc(O)c(O)c4)[C@H](O)[C@H]3O)[C@H](O)[C@H]2O)ccc1O. The number of nitrogens with one attached hydrogen (secondary N) is 1. The number of aliphatic hydroxyl groups is 6. The van der Waals surface area contributed by atoms with E-state index in [0.29, 0.717) is 11.1 Å². The van der Waals surface area contributed by atoms with Crippen LogP contribution in [0.2, 0.25) is 0 Å². The quantitative estimate of drug-likeness (QED) is 0.0732. The van der Waals surface area contributed by atoms with Crippen LogP contribution in [0.25, 0.3) is 28.4 Å². The number of hydrogen-bond acceptors (Lipinski definition) is 17. The normalized spacial score (nSPS) is 28.1. The molecule has 2 heterocycles. The lowest BCUT2D eigenvalue weighted by atomic mass is 9.80. The molecule has 1 saturated carbocycles. The van der Waals surface area contributed by atoms with Gasteiger partial charge in [-0.1, -0.05) is 6.07 Å². The number of aryl methyl sites for hydroxylation is 1. The third kappa shape index (κ3) is 7.95. The second-order valence-corrected chi connectivity index (χ2v) is 13.7. The average Bonchev–Trinajstić information content (AvgIpc) is 3.16. The van der Waals surface area contributed by atoms with Crippen LogP contribution in [0, 0.1) is 12.8 Å². The predicted molar refractivity (Wildman–Crippen MR) is 193 cm³/mol. The maximum Gasteiger partial charge on any atom is 0.244 e. The molecule has 12 N–H and O–H groups in total. The lowest BCUT2D eigenvalue weighted by molar-refractivity contribution is -0.315. The van der Waals surface area contributed by atoms with Crippen molar-refractivity contribution in [3.63, 3.8) is 0 Å². The van der Waals surface area contributed by atoms with Crippen LogP contribution in [0.3, 0.4) is 0 Å². The Balaban J connectivity index is 1.20. The number of carbonyl (C=O) groups excluding carboxylic acids is 1. The monoisotopic (exact) mass is 783 g/mol. The summed E-state index contributed by atoms with van der Waals surface area (Å²) < 4.78 is 23.5. The fourth-order valence-corrected chi connectivity index (χ4v) is 6.83. The van der Waals surface area contributed by atoms with Gasteiger partial charge in [0.2, 0.25) is 17.1 Å². The first-order valence-corrected chi connectivity index (χ1v) is 17.4. The number of rotatable bonds is 10. The molecule has 3 aromatic carbocycles. The summed E-state index contributed by atoms with van der Waals surface area (Å²) in [5.41, 5.74) is -0.163. The van der Waals surface area contributed by atoms with E-state index in [1.807, 2.05) is 0 Å². The zero-order chi connectivity index (χ0) is 40.6. The number of aliphatic hydroxyl groups excluding tert-OH is 6. The first kappa shape index (κ1) is 40.2. The van der Waals surface area contributed by atoms with Crippen molar-refractivity contribution in [1.82, 2.24) is 5.32 Å². The molecule has 1 amide bonds. The molecule has 1 saturated heterocycles. The molecule has 18 nitrogen and oxygen atoms in total. The van der Waals surface area contributed by atoms with Crippen LogP contribution >= 0.6 is 0 Å². The Morgan fingerprint density at radius 3 is 2.27 bits per heavy atom. The Labute approximate surface area is 316 Å². The van der Waals surface area contributed by atoms with Crippen molar-refractivity contribution in [1.29, 1.82) is 0 Å². The van der Waals surface area contributed by atoms with Gasteiger partial charge in [0.15, 0.2) is 23.5 Å². The number of phenols is 5. The van der Waals surface area contributed by atoms with Gasteiger partial charge in [0, 0.05) is 36.3 Å². The number of fused-ring (bicyclic) bond motifs is 1. The van der Waals surface area contributed by atoms with Crippen molar-refractivity contribution < 1.29 is 79.6 Å². The lowest BCUT2D eigenvalue weighted by Gasteiger charge is -2.47. The Kier molecular flexibility index (Phi) is 11.7. The minimum atomic E-state index is -1.90. The molecule has 18 heteroatoms. The number of carbonyl (C=O) groups is 1. The molecule has 1 aliphatic heterocycles. The number of benzene rings is 3. The molecule has 2 fully saturated rings. The summed E-state index contributed by atoms with van der Waals surface area (Å²) in [6.07, 6.45) is -11.4. The van der Waals surface area contributed by atoms with E-state index in [1.165, 1.54) is 42.5 Å². The highest BCUT2D eigenvalue weighted by Gasteiger charge is 2.51. The van der Waals surface area contributed by atoms with Crippen LogP contribution < -0.4 is 15.5 Å². The molecule has 1 aliphatic carbocycles. The standard InChI is InChI=1S/C38H41NO17/c1-15-8-17(4-6-20(15)43)36-37(31(49)28-23(46)11-19(42)12-24(28)53-36)54-25-10-18(13-40)35(33(51)30(25)48)56-38-34(52)32(50)29(26(14-41)55-38)39-27(47)7-3-16-2-5-21(44)22(45)9-16/h2-9,11-12,18,25-26,29-30,32-35,38,40-46,48,50-52H,10,13-14H2,1H3,(H,39,47)/b7-3+/t18-,25-,26-,29-,30+,32+,33-,34-,35-,38+/m1/s1. The summed E-state index contributed by atoms with van der Waals surface area (Å²) in [7, 11) is 0. The van der Waals surface area contributed by atoms with Gasteiger partial charge in [0.25, 0.3) is 0 Å². The van der Waals surface area contributed by atoms with Gasteiger partial charge in [0.1, 0.15) is 64.8 Å². The average molecular weight is 784 g/mol. The summed E-state index contributed by atoms with van der Waals surface area (Å²) >= 11 is 0. The van der Waals surface area contributed by atoms with Crippen LogP contribution in [-0.4, -0.2) is 130 Å². The van der Waals surface area contributed by atoms with Crippen molar-refractivity contribution in [2.24, 2.45) is 5.92 Å². The van der Waals surface area contributed by atoms with Crippen molar-refractivity contribution in [2.45, 2.75) is 68.4 Å². The molecule has 0 bridgehead atoms. The van der Waals surface area contributed by atoms with E-state index in [4.69, 9.17) is 18.6 Å². The molecule has 56 heavy (non-hydrogen) atoms. The van der Waals surface area contributed by atoms with Crippen molar-refractivity contribution >= 4 is 23.0 Å². The van der Waals surface area contributed by atoms with E-state index in [1.54, 1.807) is 6.92 Å². The molecule has 10 atom stereocenters. The van der Waals surface area contributed by atoms with E-state index >= 15 is 0 Å². The Morgan fingerprint density at radius 1 is 0.857 bits per heavy atom. The summed E-state index contributed by atoms with van der Waals surface area (Å²) in [5.74, 6) is -4.48. The molecule has 0 spiro atoms. The second kappa shape index (κ2) is 16.3. The molecule has 0 unspecified atom stereocenters. The zero-order valence-electron chi connectivity index (χ0n) is 29.5. The fraction of sp³-hybridized carbons (Fsp3) is 0.368. The topological polar surface area (TPSA) is 310 Å². The smallest absolute Gasteiger partial charge is 0.244 e. The van der Waals surface area contributed by atoms with E-state index < -0.39 is 109 Å². The van der Waals surface area contributed by atoms with Crippen LogP contribution in [0.5, 0.6) is 34.5 Å². The molecule has 4 aromatic rings. The van der Waals surface area contributed by atoms with Gasteiger partial charge in [0.05, 0.1) is 18.8 Å². The lowest BCUT2D eigenvalue weighted by Crippen LogP contribution is -2.66. The molecular formula is C38H41NO17. The van der Waals surface area contributed by atoms with Gasteiger partial charge in [-0.2, -0.15) is 0 Å². The van der Waals surface area contributed by atoms with E-state index in [2.05, 4.69) is 5.32 Å². The fourth-order valence-electron chi connectivity index (χ4n) is 6.83. The number of amides is 1. The van der Waals surface area contributed by atoms with Crippen LogP contribution in [-0.2, 0) is 14.3 Å². The molecular weight excluding hydrogens is 742 g/mol. The first-order valence-electron chi connectivity index (χ1n) is 17.4. The predicted octanol–water partition coefficient (Wildman–Crippen LogP) is -0.200. The maximum atomic E-state index is 13.9. The van der Waals surface area contributed by atoms with Gasteiger partial charge in [-0.15, -0.1) is 0 Å². The Bertz CT molecular complexity index is 2170. The Hall–Kier alpha value is -5.44. The minimum absolute atomic E-state index is 0.0656. The summed E-state index contributed by atoms with van der Waals surface area (Å²) in [5, 5.41) is 117. The van der Waals surface area contributed by atoms with Crippen LogP contribution in [0.4, 0.5) is 0 Å². The van der Waals surface area contributed by atoms with E-state index in [0.717, 1.165) is 18.2 Å². The number of phenolic OH excluding ortho intramolecular Hbond substituents is 5. The number of aromatic hydroxyl groups is 5. The highest BCUT2D eigenvalue weighted by atomic mass is 16.7. The minimum Gasteiger partial charge on any atom is -0.508 e. The Morgan fingerprint density at radius 2 is 1.59 bits per heavy atom. The molecule has 1 aromatic heterocycles. The van der Waals surface area contributed by atoms with Crippen molar-refractivity contribution in [3.8, 4) is 45.8 Å². The van der Waals surface area contributed by atoms with Gasteiger partial charge in [-0.25, -0.2) is 0 Å². The summed E-state index contributed by atoms with van der Waals surface area (Å²) in [6, 6.07) is 8.67. The third-order valence-corrected chi connectivity index (χ3v) is 9.86. The maximum absolute atomic E-state index is 13.9. The van der Waals surface area contributed by atoms with Crippen molar-refractivity contribution in [2.75, 3.05) is 13.2 Å². The summed E-state index contributed by atoms with van der Waals surface area (Å²) in [4.78, 5) is 26.5. The summed E-state index contributed by atoms with van der Waals surface area (Å²) in [6.45, 7) is 0.107. The molecule has 0 radical (unpaired) electrons. The van der Waals surface area contributed by atoms with E-state index in [-0.39, 0.29) is 40.2 Å². The molecule has 300 valence electrons. The second-order valence-electron chi connectivity index (χ2n) is 13.7. The third-order valence-electron chi connectivity index (χ3n) is 9.86. The first-order chi connectivity index (χ1) is 26.6. The zero-order valence-corrected chi connectivity index (χ0v) is 29.5. The van der Waals surface area contributed by atoms with Crippen LogP contribution in [0.1, 0.15) is 17.5 Å². The largest absolute Gasteiger partial charge is 0.508 e. The van der Waals surface area contributed by atoms with Gasteiger partial charge < -0.3 is 80.1 Å². The van der Waals surface area contributed by atoms with Gasteiger partial charge in [-0.05, 0) is 60.9 Å². The highest BCUT2D eigenvalue weighted by Crippen LogP contribution is 2.40. The van der Waals surface area contributed by atoms with E-state index in [9.17, 15) is 65.8 Å². The van der Waals surface area contributed by atoms with Gasteiger partial charge in [-0.3, -0.25) is 9.59 Å². The number of hydrogen-bond donors (Lipinski definition) is 12.